The lowest BCUT2D eigenvalue weighted by atomic mass is 9.90. The minimum atomic E-state index is -1.01. The Bertz CT molecular complexity index is 1670. The number of hydrogen-bond acceptors (Lipinski definition) is 7. The molecule has 10 heteroatoms. The second-order valence-electron chi connectivity index (χ2n) is 8.66. The second kappa shape index (κ2) is 9.58. The van der Waals surface area contributed by atoms with E-state index in [1.807, 2.05) is 24.3 Å². The molecule has 186 valence electrons. The normalized spacial score (nSPS) is 14.8. The van der Waals surface area contributed by atoms with Crippen LogP contribution in [0, 0.1) is 0 Å². The molecule has 0 saturated heterocycles. The molecule has 1 amide bonds. The average molecular weight is 505 g/mol. The summed E-state index contributed by atoms with van der Waals surface area (Å²) in [5.74, 6) is -0.618. The van der Waals surface area contributed by atoms with E-state index in [9.17, 15) is 14.7 Å². The third kappa shape index (κ3) is 4.35. The quantitative estimate of drug-likeness (QED) is 0.308. The Labute approximate surface area is 216 Å². The molecule has 1 aliphatic heterocycles. The number of carboxylic acid groups (broad SMARTS) is 1. The number of nitrogens with one attached hydrogen (secondary N) is 2. The van der Waals surface area contributed by atoms with E-state index in [1.54, 1.807) is 48.7 Å². The molecular formula is C28H20N6O4. The van der Waals surface area contributed by atoms with E-state index < -0.39 is 5.97 Å². The number of aromatic carboxylic acids is 1. The topological polar surface area (TPSA) is 147 Å². The van der Waals surface area contributed by atoms with Gasteiger partial charge in [0, 0.05) is 23.4 Å². The van der Waals surface area contributed by atoms with Gasteiger partial charge >= 0.3 is 5.97 Å². The Morgan fingerprint density at radius 1 is 1.00 bits per heavy atom. The number of H-pyrrole nitrogens is 1. The molecule has 3 aromatic heterocycles. The highest BCUT2D eigenvalue weighted by molar-refractivity contribution is 5.97. The van der Waals surface area contributed by atoms with Crippen molar-refractivity contribution in [3.63, 3.8) is 0 Å². The molecule has 5 aromatic rings. The van der Waals surface area contributed by atoms with Crippen molar-refractivity contribution in [2.24, 2.45) is 0 Å². The van der Waals surface area contributed by atoms with E-state index in [2.05, 4.69) is 30.7 Å². The number of pyridine rings is 1. The fourth-order valence-electron chi connectivity index (χ4n) is 4.47. The van der Waals surface area contributed by atoms with Gasteiger partial charge in [0.2, 0.25) is 5.89 Å². The monoisotopic (exact) mass is 504 g/mol. The first-order chi connectivity index (χ1) is 18.6. The van der Waals surface area contributed by atoms with Crippen LogP contribution >= 0.6 is 0 Å². The van der Waals surface area contributed by atoms with Crippen LogP contribution in [0.2, 0.25) is 0 Å². The second-order valence-corrected chi connectivity index (χ2v) is 8.66. The van der Waals surface area contributed by atoms with Gasteiger partial charge in [-0.25, -0.2) is 4.79 Å². The predicted octanol–water partition coefficient (Wildman–Crippen LogP) is 4.42. The Morgan fingerprint density at radius 3 is 2.61 bits per heavy atom. The highest BCUT2D eigenvalue weighted by Gasteiger charge is 2.29. The minimum Gasteiger partial charge on any atom is -0.478 e. The van der Waals surface area contributed by atoms with Gasteiger partial charge in [0.05, 0.1) is 23.0 Å². The summed E-state index contributed by atoms with van der Waals surface area (Å²) in [6.45, 7) is 0. The van der Waals surface area contributed by atoms with Crippen LogP contribution in [0.5, 0.6) is 0 Å². The molecule has 10 nitrogen and oxygen atoms in total. The van der Waals surface area contributed by atoms with Gasteiger partial charge in [-0.15, -0.1) is 10.2 Å². The van der Waals surface area contributed by atoms with Gasteiger partial charge in [-0.05, 0) is 54.0 Å². The first kappa shape index (κ1) is 23.0. The third-order valence-electron chi connectivity index (χ3n) is 6.29. The number of amides is 1. The van der Waals surface area contributed by atoms with Gasteiger partial charge in [0.1, 0.15) is 5.69 Å². The Balaban J connectivity index is 1.38. The summed E-state index contributed by atoms with van der Waals surface area (Å²) in [6, 6.07) is 19.0. The maximum absolute atomic E-state index is 12.8. The summed E-state index contributed by atoms with van der Waals surface area (Å²) in [7, 11) is 0. The fraction of sp³-hybridized carbons (Fsp3) is 0.0714. The summed E-state index contributed by atoms with van der Waals surface area (Å²) in [5, 5.41) is 28.1. The van der Waals surface area contributed by atoms with E-state index in [0.717, 1.165) is 16.7 Å². The number of hydrogen-bond donors (Lipinski definition) is 3. The summed E-state index contributed by atoms with van der Waals surface area (Å²) in [6.07, 6.45) is 5.59. The van der Waals surface area contributed by atoms with E-state index in [0.29, 0.717) is 35.0 Å². The zero-order valence-corrected chi connectivity index (χ0v) is 19.8. The van der Waals surface area contributed by atoms with Gasteiger partial charge in [-0.3, -0.25) is 14.9 Å². The molecule has 6 rings (SSSR count). The predicted molar refractivity (Wildman–Crippen MR) is 138 cm³/mol. The van der Waals surface area contributed by atoms with Crippen LogP contribution in [-0.2, 0) is 6.42 Å². The van der Waals surface area contributed by atoms with Gasteiger partial charge < -0.3 is 14.8 Å². The molecule has 38 heavy (non-hydrogen) atoms. The summed E-state index contributed by atoms with van der Waals surface area (Å²) < 4.78 is 5.72. The number of benzene rings is 2. The number of carbonyl (C=O) groups excluding carboxylic acids is 1. The highest BCUT2D eigenvalue weighted by atomic mass is 16.4. The number of carboxylic acids is 1. The van der Waals surface area contributed by atoms with Crippen molar-refractivity contribution in [3.05, 3.63) is 107 Å². The van der Waals surface area contributed by atoms with Crippen LogP contribution in [0.15, 0.2) is 77.3 Å². The van der Waals surface area contributed by atoms with Crippen LogP contribution in [0.4, 0.5) is 0 Å². The number of nitrogens with zero attached hydrogens (tertiary/aromatic N) is 4. The first-order valence-corrected chi connectivity index (χ1v) is 11.8. The van der Waals surface area contributed by atoms with Crippen LogP contribution in [0.3, 0.4) is 0 Å². The Kier molecular flexibility index (Phi) is 5.81. The van der Waals surface area contributed by atoms with Crippen molar-refractivity contribution < 1.29 is 19.1 Å². The van der Waals surface area contributed by atoms with Crippen molar-refractivity contribution in [2.75, 3.05) is 0 Å². The van der Waals surface area contributed by atoms with E-state index >= 15 is 0 Å². The molecule has 2 aromatic carbocycles. The molecule has 0 saturated carbocycles. The fourth-order valence-corrected chi connectivity index (χ4v) is 4.47. The van der Waals surface area contributed by atoms with Crippen molar-refractivity contribution >= 4 is 24.0 Å². The number of rotatable bonds is 6. The SMILES string of the molecule is O=C(O)c1ccc(-c2c(/C=C/c3nnc(-c4ccccn4)o3)n[nH]c2C2Cc3ccccc3C(=O)N2)cc1. The van der Waals surface area contributed by atoms with Gasteiger partial charge in [-0.1, -0.05) is 36.4 Å². The molecule has 3 N–H and O–H groups in total. The lowest BCUT2D eigenvalue weighted by molar-refractivity contribution is 0.0696. The van der Waals surface area contributed by atoms with Crippen molar-refractivity contribution in [3.8, 4) is 22.7 Å². The van der Waals surface area contributed by atoms with Gasteiger partial charge in [0.25, 0.3) is 11.8 Å². The number of aromatic amines is 1. The lowest BCUT2D eigenvalue weighted by Crippen LogP contribution is -2.35. The Hall–Kier alpha value is -5.38. The Morgan fingerprint density at radius 2 is 1.82 bits per heavy atom. The van der Waals surface area contributed by atoms with E-state index in [1.165, 1.54) is 12.1 Å². The molecule has 1 aliphatic rings. The molecule has 0 aliphatic carbocycles. The molecule has 4 heterocycles. The third-order valence-corrected chi connectivity index (χ3v) is 6.29. The average Bonchev–Trinajstić information content (AvgIpc) is 3.60. The smallest absolute Gasteiger partial charge is 0.335 e. The van der Waals surface area contributed by atoms with E-state index in [4.69, 9.17) is 4.42 Å². The number of carbonyl (C=O) groups is 2. The summed E-state index contributed by atoms with van der Waals surface area (Å²) in [5.41, 5.74) is 5.06. The maximum Gasteiger partial charge on any atom is 0.335 e. The van der Waals surface area contributed by atoms with Crippen LogP contribution in [-0.4, -0.2) is 42.4 Å². The van der Waals surface area contributed by atoms with Crippen LogP contribution in [0.1, 0.15) is 49.6 Å². The molecule has 0 fully saturated rings. The van der Waals surface area contributed by atoms with Gasteiger partial charge in [-0.2, -0.15) is 5.10 Å². The standard InChI is InChI=1S/C28H20N6O4/c35-26-19-6-2-1-5-18(19)15-22(30-26)25-24(16-8-10-17(11-9-16)28(36)37)20(31-33-25)12-13-23-32-34-27(38-23)21-7-3-4-14-29-21/h1-14,22H,15H2,(H,30,35)(H,31,33)(H,36,37)/b13-12+. The molecule has 0 spiro atoms. The molecule has 0 bridgehead atoms. The van der Waals surface area contributed by atoms with Crippen molar-refractivity contribution in [2.45, 2.75) is 12.5 Å². The van der Waals surface area contributed by atoms with Crippen LogP contribution in [0.25, 0.3) is 34.9 Å². The molecule has 0 radical (unpaired) electrons. The molecule has 1 unspecified atom stereocenters. The largest absolute Gasteiger partial charge is 0.478 e. The lowest BCUT2D eigenvalue weighted by Gasteiger charge is -2.25. The maximum atomic E-state index is 12.8. The molecular weight excluding hydrogens is 484 g/mol. The zero-order valence-electron chi connectivity index (χ0n) is 19.8. The summed E-state index contributed by atoms with van der Waals surface area (Å²) >= 11 is 0. The highest BCUT2D eigenvalue weighted by Crippen LogP contribution is 2.35. The first-order valence-electron chi connectivity index (χ1n) is 11.8. The van der Waals surface area contributed by atoms with Crippen LogP contribution < -0.4 is 5.32 Å². The van der Waals surface area contributed by atoms with E-state index in [-0.39, 0.29) is 23.4 Å². The summed E-state index contributed by atoms with van der Waals surface area (Å²) in [4.78, 5) is 28.4. The van der Waals surface area contributed by atoms with Gasteiger partial charge in [0.15, 0.2) is 0 Å². The van der Waals surface area contributed by atoms with Crippen molar-refractivity contribution in [1.82, 2.24) is 30.7 Å². The zero-order chi connectivity index (χ0) is 26.1. The number of fused-ring (bicyclic) bond motifs is 1. The minimum absolute atomic E-state index is 0.163. The molecule has 1 atom stereocenters. The van der Waals surface area contributed by atoms with Crippen molar-refractivity contribution in [1.29, 1.82) is 0 Å². The number of aromatic nitrogens is 5.